The summed E-state index contributed by atoms with van der Waals surface area (Å²) in [7, 11) is 0. The number of halogens is 2. The van der Waals surface area contributed by atoms with Gasteiger partial charge in [0.2, 0.25) is 0 Å². The van der Waals surface area contributed by atoms with Gasteiger partial charge in [-0.3, -0.25) is 9.89 Å². The molecule has 3 rings (SSSR count). The van der Waals surface area contributed by atoms with Crippen molar-refractivity contribution >= 4 is 29.1 Å². The Bertz CT molecular complexity index is 665. The standard InChI is InChI=1S/C15H15Cl2N3O/c16-11-4-3-9(12(17)7-11)5-6-18-15(21)14-8-13(19-20-14)10-1-2-10/h3-4,7-8,10H,1-2,5-6H2,(H,18,21)(H,19,20). The topological polar surface area (TPSA) is 57.8 Å². The number of carbonyl (C=O) groups excluding carboxylic acids is 1. The van der Waals surface area contributed by atoms with Crippen molar-refractivity contribution in [2.24, 2.45) is 0 Å². The number of nitrogens with zero attached hydrogens (tertiary/aromatic N) is 1. The van der Waals surface area contributed by atoms with Crippen LogP contribution in [0.2, 0.25) is 10.0 Å². The van der Waals surface area contributed by atoms with Crippen molar-refractivity contribution in [3.05, 3.63) is 51.3 Å². The first kappa shape index (κ1) is 14.4. The molecular formula is C15H15Cl2N3O. The number of H-pyrrole nitrogens is 1. The summed E-state index contributed by atoms with van der Waals surface area (Å²) in [4.78, 5) is 12.0. The Morgan fingerprint density at radius 1 is 1.33 bits per heavy atom. The fourth-order valence-electron chi connectivity index (χ4n) is 2.18. The molecule has 0 atom stereocenters. The molecule has 0 radical (unpaired) electrons. The van der Waals surface area contributed by atoms with E-state index in [0.717, 1.165) is 11.3 Å². The zero-order chi connectivity index (χ0) is 14.8. The summed E-state index contributed by atoms with van der Waals surface area (Å²) in [6.45, 7) is 0.506. The number of benzene rings is 1. The van der Waals surface area contributed by atoms with Crippen molar-refractivity contribution < 1.29 is 4.79 Å². The molecule has 1 aliphatic carbocycles. The first-order chi connectivity index (χ1) is 10.1. The lowest BCUT2D eigenvalue weighted by Gasteiger charge is -2.05. The quantitative estimate of drug-likeness (QED) is 0.883. The van der Waals surface area contributed by atoms with E-state index in [1.807, 2.05) is 12.1 Å². The number of carbonyl (C=O) groups is 1. The molecule has 0 saturated heterocycles. The number of aromatic amines is 1. The average Bonchev–Trinajstić information content (AvgIpc) is 3.18. The van der Waals surface area contributed by atoms with Crippen LogP contribution in [0.25, 0.3) is 0 Å². The van der Waals surface area contributed by atoms with E-state index < -0.39 is 0 Å². The molecule has 0 aliphatic heterocycles. The van der Waals surface area contributed by atoms with E-state index in [1.165, 1.54) is 12.8 Å². The van der Waals surface area contributed by atoms with E-state index in [2.05, 4.69) is 15.5 Å². The summed E-state index contributed by atoms with van der Waals surface area (Å²) in [6, 6.07) is 7.20. The van der Waals surface area contributed by atoms with Gasteiger partial charge in [0.15, 0.2) is 0 Å². The van der Waals surface area contributed by atoms with Crippen LogP contribution in [0.4, 0.5) is 0 Å². The maximum atomic E-state index is 12.0. The molecule has 1 aliphatic rings. The predicted molar refractivity (Wildman–Crippen MR) is 83.1 cm³/mol. The minimum Gasteiger partial charge on any atom is -0.350 e. The van der Waals surface area contributed by atoms with E-state index >= 15 is 0 Å². The molecule has 0 bridgehead atoms. The largest absolute Gasteiger partial charge is 0.350 e. The molecule has 4 nitrogen and oxygen atoms in total. The van der Waals surface area contributed by atoms with Crippen molar-refractivity contribution in [1.29, 1.82) is 0 Å². The zero-order valence-electron chi connectivity index (χ0n) is 11.3. The molecule has 21 heavy (non-hydrogen) atoms. The van der Waals surface area contributed by atoms with Crippen LogP contribution in [0, 0.1) is 0 Å². The van der Waals surface area contributed by atoms with Gasteiger partial charge in [0, 0.05) is 28.2 Å². The molecule has 2 aromatic rings. The molecule has 2 N–H and O–H groups in total. The van der Waals surface area contributed by atoms with E-state index in [-0.39, 0.29) is 5.91 Å². The summed E-state index contributed by atoms with van der Waals surface area (Å²) in [5, 5.41) is 11.1. The number of rotatable bonds is 5. The number of nitrogens with one attached hydrogen (secondary N) is 2. The molecule has 110 valence electrons. The van der Waals surface area contributed by atoms with Crippen LogP contribution in [-0.4, -0.2) is 22.6 Å². The zero-order valence-corrected chi connectivity index (χ0v) is 12.8. The van der Waals surface area contributed by atoms with Gasteiger partial charge >= 0.3 is 0 Å². The lowest BCUT2D eigenvalue weighted by Crippen LogP contribution is -2.26. The predicted octanol–water partition coefficient (Wildman–Crippen LogP) is 3.57. The van der Waals surface area contributed by atoms with Crippen molar-refractivity contribution in [2.45, 2.75) is 25.2 Å². The minimum absolute atomic E-state index is 0.164. The number of amides is 1. The number of hydrogen-bond donors (Lipinski definition) is 2. The molecule has 6 heteroatoms. The van der Waals surface area contributed by atoms with Gasteiger partial charge in [-0.2, -0.15) is 5.10 Å². The SMILES string of the molecule is O=C(NCCc1ccc(Cl)cc1Cl)c1cc(C2CC2)[nH]n1. The molecule has 0 spiro atoms. The highest BCUT2D eigenvalue weighted by Crippen LogP contribution is 2.38. The molecule has 1 aromatic heterocycles. The second kappa shape index (κ2) is 6.08. The lowest BCUT2D eigenvalue weighted by atomic mass is 10.1. The Morgan fingerprint density at radius 3 is 2.86 bits per heavy atom. The maximum absolute atomic E-state index is 12.0. The highest BCUT2D eigenvalue weighted by Gasteiger charge is 2.26. The summed E-state index contributed by atoms with van der Waals surface area (Å²) in [6.07, 6.45) is 3.01. The van der Waals surface area contributed by atoms with Gasteiger partial charge in [-0.15, -0.1) is 0 Å². The smallest absolute Gasteiger partial charge is 0.271 e. The molecular weight excluding hydrogens is 309 g/mol. The van der Waals surface area contributed by atoms with Crippen LogP contribution in [0.3, 0.4) is 0 Å². The van der Waals surface area contributed by atoms with Gasteiger partial charge in [0.05, 0.1) is 0 Å². The van der Waals surface area contributed by atoms with Gasteiger partial charge in [0.1, 0.15) is 5.69 Å². The van der Waals surface area contributed by atoms with Gasteiger partial charge in [-0.1, -0.05) is 29.3 Å². The molecule has 1 fully saturated rings. The highest BCUT2D eigenvalue weighted by atomic mass is 35.5. The van der Waals surface area contributed by atoms with Crippen molar-refractivity contribution in [3.63, 3.8) is 0 Å². The average molecular weight is 324 g/mol. The van der Waals surface area contributed by atoms with Crippen LogP contribution in [0.1, 0.15) is 40.5 Å². The highest BCUT2D eigenvalue weighted by molar-refractivity contribution is 6.35. The summed E-state index contributed by atoms with van der Waals surface area (Å²) in [5.74, 6) is 0.398. The maximum Gasteiger partial charge on any atom is 0.271 e. The molecule has 1 amide bonds. The molecule has 0 unspecified atom stereocenters. The number of aromatic nitrogens is 2. The van der Waals surface area contributed by atoms with Crippen molar-refractivity contribution in [1.82, 2.24) is 15.5 Å². The van der Waals surface area contributed by atoms with Gasteiger partial charge in [-0.05, 0) is 43.0 Å². The van der Waals surface area contributed by atoms with E-state index in [4.69, 9.17) is 23.2 Å². The normalized spacial score (nSPS) is 14.2. The minimum atomic E-state index is -0.164. The Balaban J connectivity index is 1.53. The summed E-state index contributed by atoms with van der Waals surface area (Å²) >= 11 is 11.9. The third kappa shape index (κ3) is 3.57. The Morgan fingerprint density at radius 2 is 2.14 bits per heavy atom. The van der Waals surface area contributed by atoms with Gasteiger partial charge < -0.3 is 5.32 Å². The van der Waals surface area contributed by atoms with Crippen LogP contribution in [-0.2, 0) is 6.42 Å². The second-order valence-electron chi connectivity index (χ2n) is 5.22. The van der Waals surface area contributed by atoms with Crippen LogP contribution >= 0.6 is 23.2 Å². The molecule has 1 saturated carbocycles. The fraction of sp³-hybridized carbons (Fsp3) is 0.333. The monoisotopic (exact) mass is 323 g/mol. The van der Waals surface area contributed by atoms with Gasteiger partial charge in [-0.25, -0.2) is 0 Å². The lowest BCUT2D eigenvalue weighted by molar-refractivity contribution is 0.0949. The first-order valence-electron chi connectivity index (χ1n) is 6.91. The van der Waals surface area contributed by atoms with E-state index in [0.29, 0.717) is 34.6 Å². The van der Waals surface area contributed by atoms with Crippen molar-refractivity contribution in [2.75, 3.05) is 6.54 Å². The summed E-state index contributed by atoms with van der Waals surface area (Å²) in [5.41, 5.74) is 2.46. The van der Waals surface area contributed by atoms with E-state index in [9.17, 15) is 4.79 Å². The summed E-state index contributed by atoms with van der Waals surface area (Å²) < 4.78 is 0. The van der Waals surface area contributed by atoms with Crippen LogP contribution < -0.4 is 5.32 Å². The molecule has 1 aromatic carbocycles. The Hall–Kier alpha value is -1.52. The number of hydrogen-bond acceptors (Lipinski definition) is 2. The Kier molecular flexibility index (Phi) is 4.17. The van der Waals surface area contributed by atoms with Crippen LogP contribution in [0.15, 0.2) is 24.3 Å². The third-order valence-corrected chi connectivity index (χ3v) is 4.13. The van der Waals surface area contributed by atoms with Gasteiger partial charge in [0.25, 0.3) is 5.91 Å². The molecule has 1 heterocycles. The van der Waals surface area contributed by atoms with E-state index in [1.54, 1.807) is 12.1 Å². The fourth-order valence-corrected chi connectivity index (χ4v) is 2.69. The second-order valence-corrected chi connectivity index (χ2v) is 6.07. The van der Waals surface area contributed by atoms with Crippen molar-refractivity contribution in [3.8, 4) is 0 Å². The first-order valence-corrected chi connectivity index (χ1v) is 7.66. The van der Waals surface area contributed by atoms with Crippen LogP contribution in [0.5, 0.6) is 0 Å². The Labute approximate surface area is 132 Å². The third-order valence-electron chi connectivity index (χ3n) is 3.54.